The first-order chi connectivity index (χ1) is 7.61. The van der Waals surface area contributed by atoms with Gasteiger partial charge in [0.25, 0.3) is 0 Å². The number of aryl methyl sites for hydroxylation is 2. The molecule has 0 unspecified atom stereocenters. The van der Waals surface area contributed by atoms with Crippen LogP contribution in [0.3, 0.4) is 0 Å². The van der Waals surface area contributed by atoms with Crippen LogP contribution in [0.2, 0.25) is 5.15 Å². The predicted molar refractivity (Wildman–Crippen MR) is 65.5 cm³/mol. The minimum absolute atomic E-state index is 0.301. The largest absolute Gasteiger partial charge is 0.236 e. The van der Waals surface area contributed by atoms with Crippen molar-refractivity contribution >= 4 is 22.5 Å². The maximum absolute atomic E-state index is 8.69. The molecule has 0 saturated heterocycles. The Labute approximate surface area is 99.5 Å². The minimum Gasteiger partial charge on any atom is -0.236 e. The third kappa shape index (κ3) is 1.87. The third-order valence-corrected chi connectivity index (χ3v) is 2.91. The molecule has 1 heterocycles. The lowest BCUT2D eigenvalue weighted by atomic mass is 10.0. The summed E-state index contributed by atoms with van der Waals surface area (Å²) < 4.78 is 0. The Balaban J connectivity index is 2.75. The van der Waals surface area contributed by atoms with Crippen LogP contribution in [0.5, 0.6) is 0 Å². The van der Waals surface area contributed by atoms with Gasteiger partial charge in [-0.1, -0.05) is 17.7 Å². The highest BCUT2D eigenvalue weighted by atomic mass is 35.5. The van der Waals surface area contributed by atoms with Gasteiger partial charge in [0.15, 0.2) is 0 Å². The second-order valence-corrected chi connectivity index (χ2v) is 4.28. The van der Waals surface area contributed by atoms with Gasteiger partial charge in [0.05, 0.1) is 18.0 Å². The van der Waals surface area contributed by atoms with Gasteiger partial charge >= 0.3 is 0 Å². The van der Waals surface area contributed by atoms with Crippen LogP contribution in [0.25, 0.3) is 10.9 Å². The molecule has 0 atom stereocenters. The molecule has 0 spiro atoms. The normalized spacial score (nSPS) is 10.4. The van der Waals surface area contributed by atoms with Gasteiger partial charge in [-0.2, -0.15) is 5.26 Å². The summed E-state index contributed by atoms with van der Waals surface area (Å²) in [4.78, 5) is 4.33. The summed E-state index contributed by atoms with van der Waals surface area (Å²) in [5.41, 5.74) is 4.02. The molecular formula is C13H11ClN2. The monoisotopic (exact) mass is 230 g/mol. The fraction of sp³-hybridized carbons (Fsp3) is 0.231. The molecule has 16 heavy (non-hydrogen) atoms. The van der Waals surface area contributed by atoms with E-state index in [2.05, 4.69) is 17.1 Å². The molecule has 0 bridgehead atoms. The average molecular weight is 231 g/mol. The molecule has 80 valence electrons. The number of hydrogen-bond donors (Lipinski definition) is 0. The van der Waals surface area contributed by atoms with E-state index in [1.54, 1.807) is 0 Å². The lowest BCUT2D eigenvalue weighted by Gasteiger charge is -2.06. The quantitative estimate of drug-likeness (QED) is 0.703. The first-order valence-corrected chi connectivity index (χ1v) is 5.43. The van der Waals surface area contributed by atoms with Crippen molar-refractivity contribution in [1.82, 2.24) is 4.98 Å². The number of nitrogens with zero attached hydrogens (tertiary/aromatic N) is 2. The maximum atomic E-state index is 8.69. The first-order valence-electron chi connectivity index (χ1n) is 5.05. The van der Waals surface area contributed by atoms with Crippen molar-refractivity contribution in [2.45, 2.75) is 20.3 Å². The van der Waals surface area contributed by atoms with Crippen molar-refractivity contribution in [2.75, 3.05) is 0 Å². The lowest BCUT2D eigenvalue weighted by Crippen LogP contribution is -1.91. The molecule has 2 aromatic rings. The van der Waals surface area contributed by atoms with Crippen molar-refractivity contribution in [2.24, 2.45) is 0 Å². The molecule has 0 amide bonds. The van der Waals surface area contributed by atoms with Gasteiger partial charge in [-0.3, -0.25) is 0 Å². The Bertz CT molecular complexity index is 597. The van der Waals surface area contributed by atoms with Crippen LogP contribution in [-0.2, 0) is 6.42 Å². The number of pyridine rings is 1. The van der Waals surface area contributed by atoms with E-state index in [9.17, 15) is 0 Å². The van der Waals surface area contributed by atoms with Crippen molar-refractivity contribution < 1.29 is 0 Å². The van der Waals surface area contributed by atoms with E-state index in [1.807, 2.05) is 26.0 Å². The van der Waals surface area contributed by atoms with Gasteiger partial charge in [0.2, 0.25) is 0 Å². The molecule has 0 aliphatic heterocycles. The Hall–Kier alpha value is -1.59. The van der Waals surface area contributed by atoms with Crippen molar-refractivity contribution in [3.05, 3.63) is 40.0 Å². The second kappa shape index (κ2) is 4.11. The molecule has 1 aromatic carbocycles. The second-order valence-electron chi connectivity index (χ2n) is 3.92. The Kier molecular flexibility index (Phi) is 2.80. The van der Waals surface area contributed by atoms with Gasteiger partial charge in [-0.25, -0.2) is 4.98 Å². The fourth-order valence-electron chi connectivity index (χ4n) is 1.86. The molecule has 0 fully saturated rings. The summed E-state index contributed by atoms with van der Waals surface area (Å²) in [6, 6.07) is 8.17. The van der Waals surface area contributed by atoms with Gasteiger partial charge < -0.3 is 0 Å². The van der Waals surface area contributed by atoms with Crippen molar-refractivity contribution in [3.8, 4) is 6.07 Å². The summed E-state index contributed by atoms with van der Waals surface area (Å²) >= 11 is 6.02. The zero-order valence-electron chi connectivity index (χ0n) is 9.21. The van der Waals surface area contributed by atoms with Crippen LogP contribution in [0.15, 0.2) is 18.2 Å². The molecule has 0 aliphatic carbocycles. The summed E-state index contributed by atoms with van der Waals surface area (Å²) in [7, 11) is 0. The molecule has 2 rings (SSSR count). The molecule has 0 saturated carbocycles. The molecule has 2 nitrogen and oxygen atoms in total. The maximum Gasteiger partial charge on any atom is 0.134 e. The van der Waals surface area contributed by atoms with E-state index in [0.717, 1.165) is 16.5 Å². The third-order valence-electron chi connectivity index (χ3n) is 2.58. The van der Waals surface area contributed by atoms with Gasteiger partial charge in [0.1, 0.15) is 5.15 Å². The molecule has 0 N–H and O–H groups in total. The standard InChI is InChI=1S/C13H11ClN2/c1-8-5-9(2)11-7-10(3-4-15)13(14)16-12(11)6-8/h5-7H,3H2,1-2H3. The zero-order chi connectivity index (χ0) is 11.7. The number of nitriles is 1. The highest BCUT2D eigenvalue weighted by molar-refractivity contribution is 6.30. The Morgan fingerprint density at radius 3 is 2.75 bits per heavy atom. The summed E-state index contributed by atoms with van der Waals surface area (Å²) in [6.45, 7) is 4.08. The van der Waals surface area contributed by atoms with Crippen molar-refractivity contribution in [3.63, 3.8) is 0 Å². The average Bonchev–Trinajstić information content (AvgIpc) is 2.20. The van der Waals surface area contributed by atoms with E-state index in [-0.39, 0.29) is 0 Å². The minimum atomic E-state index is 0.301. The van der Waals surface area contributed by atoms with Gasteiger partial charge in [-0.15, -0.1) is 0 Å². The number of fused-ring (bicyclic) bond motifs is 1. The topological polar surface area (TPSA) is 36.7 Å². The Morgan fingerprint density at radius 2 is 2.06 bits per heavy atom. The van der Waals surface area contributed by atoms with Crippen LogP contribution in [0.4, 0.5) is 0 Å². The smallest absolute Gasteiger partial charge is 0.134 e. The van der Waals surface area contributed by atoms with Crippen LogP contribution >= 0.6 is 11.6 Å². The van der Waals surface area contributed by atoms with Gasteiger partial charge in [-0.05, 0) is 37.1 Å². The number of rotatable bonds is 1. The summed E-state index contributed by atoms with van der Waals surface area (Å²) in [5.74, 6) is 0. The van der Waals surface area contributed by atoms with E-state index >= 15 is 0 Å². The fourth-order valence-corrected chi connectivity index (χ4v) is 2.07. The first kappa shape index (κ1) is 10.9. The Morgan fingerprint density at radius 1 is 1.31 bits per heavy atom. The van der Waals surface area contributed by atoms with E-state index in [1.165, 1.54) is 11.1 Å². The van der Waals surface area contributed by atoms with E-state index < -0.39 is 0 Å². The SMILES string of the molecule is Cc1cc(C)c2cc(CC#N)c(Cl)nc2c1. The molecule has 0 radical (unpaired) electrons. The highest BCUT2D eigenvalue weighted by Gasteiger charge is 2.06. The van der Waals surface area contributed by atoms with E-state index in [0.29, 0.717) is 11.6 Å². The van der Waals surface area contributed by atoms with Gasteiger partial charge in [0, 0.05) is 10.9 Å². The summed E-state index contributed by atoms with van der Waals surface area (Å²) in [6.07, 6.45) is 0.301. The zero-order valence-corrected chi connectivity index (χ0v) is 9.97. The molecule has 0 aliphatic rings. The predicted octanol–water partition coefficient (Wildman–Crippen LogP) is 3.57. The van der Waals surface area contributed by atoms with Crippen LogP contribution < -0.4 is 0 Å². The number of aromatic nitrogens is 1. The number of benzene rings is 1. The summed E-state index contributed by atoms with van der Waals surface area (Å²) in [5, 5.41) is 10.2. The lowest BCUT2D eigenvalue weighted by molar-refractivity contribution is 1.22. The number of halogens is 1. The van der Waals surface area contributed by atoms with Crippen LogP contribution in [0, 0.1) is 25.2 Å². The highest BCUT2D eigenvalue weighted by Crippen LogP contribution is 2.24. The van der Waals surface area contributed by atoms with E-state index in [4.69, 9.17) is 16.9 Å². The van der Waals surface area contributed by atoms with Crippen LogP contribution in [-0.4, -0.2) is 4.98 Å². The molecular weight excluding hydrogens is 220 g/mol. The molecule has 3 heteroatoms. The molecule has 1 aromatic heterocycles. The van der Waals surface area contributed by atoms with Crippen molar-refractivity contribution in [1.29, 1.82) is 5.26 Å². The van der Waals surface area contributed by atoms with Crippen LogP contribution in [0.1, 0.15) is 16.7 Å². The number of hydrogen-bond acceptors (Lipinski definition) is 2.